The monoisotopic (exact) mass is 418 g/mol. The quantitative estimate of drug-likeness (QED) is 0.688. The molecule has 30 heavy (non-hydrogen) atoms. The van der Waals surface area contributed by atoms with Crippen LogP contribution in [0.5, 0.6) is 0 Å². The number of urea groups is 1. The zero-order valence-corrected chi connectivity index (χ0v) is 17.5. The van der Waals surface area contributed by atoms with Crippen LogP contribution >= 0.6 is 0 Å². The molecule has 10 nitrogen and oxygen atoms in total. The standard InChI is InChI=1S/C20H30N6O4/c1-20(2,21)17(28)24-9-11-25(12-10-24)18(29)22-16-7-8-26(19(30)23-16)15-5-3-14(13-27)4-6-15/h7-8,13-15H,3-6,9-12,21H2,1-2H3,(H,22,23,29,30). The van der Waals surface area contributed by atoms with E-state index >= 15 is 0 Å². The predicted octanol–water partition coefficient (Wildman–Crippen LogP) is 0.587. The summed E-state index contributed by atoms with van der Waals surface area (Å²) in [4.78, 5) is 55.3. The van der Waals surface area contributed by atoms with Gasteiger partial charge in [0.1, 0.15) is 12.1 Å². The lowest BCUT2D eigenvalue weighted by atomic mass is 9.87. The van der Waals surface area contributed by atoms with Crippen LogP contribution in [0.2, 0.25) is 0 Å². The van der Waals surface area contributed by atoms with Crippen LogP contribution in [-0.2, 0) is 9.59 Å². The summed E-state index contributed by atoms with van der Waals surface area (Å²) < 4.78 is 1.58. The minimum Gasteiger partial charge on any atom is -0.338 e. The molecule has 0 unspecified atom stereocenters. The number of anilines is 1. The molecular weight excluding hydrogens is 388 g/mol. The Morgan fingerprint density at radius 3 is 2.27 bits per heavy atom. The van der Waals surface area contributed by atoms with Gasteiger partial charge < -0.3 is 20.3 Å². The molecule has 3 amide bonds. The number of aldehydes is 1. The first kappa shape index (κ1) is 21.9. The third kappa shape index (κ3) is 5.05. The second-order valence-corrected chi connectivity index (χ2v) is 8.64. The lowest BCUT2D eigenvalue weighted by Gasteiger charge is -2.37. The molecule has 164 valence electrons. The molecular formula is C20H30N6O4. The molecule has 0 atom stereocenters. The second kappa shape index (κ2) is 8.95. The molecule has 2 aliphatic rings. The van der Waals surface area contributed by atoms with Gasteiger partial charge >= 0.3 is 11.7 Å². The average Bonchev–Trinajstić information content (AvgIpc) is 2.73. The molecule has 3 rings (SSSR count). The Morgan fingerprint density at radius 2 is 1.73 bits per heavy atom. The van der Waals surface area contributed by atoms with Crippen molar-refractivity contribution in [2.24, 2.45) is 11.7 Å². The van der Waals surface area contributed by atoms with Gasteiger partial charge in [-0.15, -0.1) is 0 Å². The Hall–Kier alpha value is -2.75. The number of rotatable bonds is 4. The van der Waals surface area contributed by atoms with Crippen molar-refractivity contribution >= 4 is 24.0 Å². The van der Waals surface area contributed by atoms with Gasteiger partial charge in [0.25, 0.3) is 0 Å². The molecule has 0 bridgehead atoms. The number of hydrogen-bond acceptors (Lipinski definition) is 6. The van der Waals surface area contributed by atoms with E-state index in [1.807, 2.05) is 0 Å². The van der Waals surface area contributed by atoms with E-state index in [2.05, 4.69) is 10.3 Å². The Bertz CT molecular complexity index is 846. The summed E-state index contributed by atoms with van der Waals surface area (Å²) >= 11 is 0. The summed E-state index contributed by atoms with van der Waals surface area (Å²) in [5.41, 5.74) is 4.51. The maximum Gasteiger partial charge on any atom is 0.349 e. The third-order valence-electron chi connectivity index (χ3n) is 5.80. The topological polar surface area (TPSA) is 131 Å². The fraction of sp³-hybridized carbons (Fsp3) is 0.650. The minimum atomic E-state index is -0.940. The minimum absolute atomic E-state index is 0.0309. The Labute approximate surface area is 175 Å². The summed E-state index contributed by atoms with van der Waals surface area (Å²) in [6.07, 6.45) is 5.71. The highest BCUT2D eigenvalue weighted by Crippen LogP contribution is 2.30. The van der Waals surface area contributed by atoms with Crippen molar-refractivity contribution < 1.29 is 14.4 Å². The lowest BCUT2D eigenvalue weighted by Crippen LogP contribution is -2.58. The van der Waals surface area contributed by atoms with Crippen molar-refractivity contribution in [1.82, 2.24) is 19.4 Å². The third-order valence-corrected chi connectivity index (χ3v) is 5.80. The number of carbonyl (C=O) groups is 3. The Morgan fingerprint density at radius 1 is 1.13 bits per heavy atom. The van der Waals surface area contributed by atoms with Gasteiger partial charge in [0.05, 0.1) is 5.54 Å². The first-order chi connectivity index (χ1) is 14.2. The van der Waals surface area contributed by atoms with E-state index in [1.165, 1.54) is 0 Å². The number of nitrogens with one attached hydrogen (secondary N) is 1. The van der Waals surface area contributed by atoms with E-state index < -0.39 is 11.2 Å². The summed E-state index contributed by atoms with van der Waals surface area (Å²) in [6, 6.07) is 1.29. The van der Waals surface area contributed by atoms with Gasteiger partial charge in [-0.3, -0.25) is 14.7 Å². The van der Waals surface area contributed by atoms with Gasteiger partial charge in [-0.1, -0.05) is 0 Å². The predicted molar refractivity (Wildman–Crippen MR) is 111 cm³/mol. The van der Waals surface area contributed by atoms with E-state index in [9.17, 15) is 19.2 Å². The van der Waals surface area contributed by atoms with Crippen molar-refractivity contribution in [3.8, 4) is 0 Å². The molecule has 2 fully saturated rings. The number of amides is 3. The first-order valence-corrected chi connectivity index (χ1v) is 10.4. The first-order valence-electron chi connectivity index (χ1n) is 10.4. The molecule has 1 aromatic rings. The summed E-state index contributed by atoms with van der Waals surface area (Å²) in [7, 11) is 0. The van der Waals surface area contributed by atoms with Gasteiger partial charge in [0, 0.05) is 44.3 Å². The van der Waals surface area contributed by atoms with Crippen LogP contribution < -0.4 is 16.7 Å². The van der Waals surface area contributed by atoms with Crippen LogP contribution in [0.3, 0.4) is 0 Å². The second-order valence-electron chi connectivity index (χ2n) is 8.64. The molecule has 2 heterocycles. The van der Waals surface area contributed by atoms with Crippen LogP contribution in [0.25, 0.3) is 0 Å². The molecule has 1 aliphatic carbocycles. The maximum atomic E-state index is 12.5. The van der Waals surface area contributed by atoms with Crippen molar-refractivity contribution in [3.05, 3.63) is 22.7 Å². The van der Waals surface area contributed by atoms with Crippen LogP contribution in [0, 0.1) is 5.92 Å². The lowest BCUT2D eigenvalue weighted by molar-refractivity contribution is -0.137. The molecule has 1 aromatic heterocycles. The van der Waals surface area contributed by atoms with E-state index in [-0.39, 0.29) is 29.7 Å². The fourth-order valence-corrected chi connectivity index (χ4v) is 3.98. The highest BCUT2D eigenvalue weighted by atomic mass is 16.2. The Kier molecular flexibility index (Phi) is 6.55. The van der Waals surface area contributed by atoms with Crippen LogP contribution in [-0.4, -0.2) is 69.3 Å². The zero-order valence-electron chi connectivity index (χ0n) is 17.5. The Balaban J connectivity index is 1.55. The molecule has 0 aromatic carbocycles. The van der Waals surface area contributed by atoms with E-state index in [0.29, 0.717) is 26.2 Å². The summed E-state index contributed by atoms with van der Waals surface area (Å²) in [6.45, 7) is 4.90. The summed E-state index contributed by atoms with van der Waals surface area (Å²) in [5.74, 6) is 0.134. The number of carbonyl (C=O) groups excluding carboxylic acids is 3. The van der Waals surface area contributed by atoms with Gasteiger partial charge in [0.2, 0.25) is 5.91 Å². The zero-order chi connectivity index (χ0) is 21.9. The van der Waals surface area contributed by atoms with E-state index in [0.717, 1.165) is 32.0 Å². The number of nitrogens with two attached hydrogens (primary N) is 1. The number of hydrogen-bond donors (Lipinski definition) is 2. The van der Waals surface area contributed by atoms with Gasteiger partial charge in [-0.25, -0.2) is 9.59 Å². The summed E-state index contributed by atoms with van der Waals surface area (Å²) in [5, 5.41) is 2.66. The van der Waals surface area contributed by atoms with Gasteiger partial charge in [-0.2, -0.15) is 4.98 Å². The van der Waals surface area contributed by atoms with Crippen molar-refractivity contribution in [2.75, 3.05) is 31.5 Å². The average molecular weight is 418 g/mol. The number of piperazine rings is 1. The smallest absolute Gasteiger partial charge is 0.338 e. The molecule has 1 saturated heterocycles. The van der Waals surface area contributed by atoms with E-state index in [1.54, 1.807) is 40.5 Å². The normalized spacial score (nSPS) is 22.5. The molecule has 1 saturated carbocycles. The SMILES string of the molecule is CC(C)(N)C(=O)N1CCN(C(=O)Nc2ccn(C3CCC(C=O)CC3)c(=O)n2)CC1. The maximum absolute atomic E-state index is 12.5. The molecule has 0 radical (unpaired) electrons. The van der Waals surface area contributed by atoms with Gasteiger partial charge in [0.15, 0.2) is 0 Å². The van der Waals surface area contributed by atoms with Crippen LogP contribution in [0.4, 0.5) is 10.6 Å². The van der Waals surface area contributed by atoms with E-state index in [4.69, 9.17) is 5.73 Å². The molecule has 1 aliphatic heterocycles. The molecule has 3 N–H and O–H groups in total. The number of aromatic nitrogens is 2. The van der Waals surface area contributed by atoms with Crippen molar-refractivity contribution in [1.29, 1.82) is 0 Å². The van der Waals surface area contributed by atoms with Crippen molar-refractivity contribution in [3.63, 3.8) is 0 Å². The van der Waals surface area contributed by atoms with Crippen LogP contribution in [0.1, 0.15) is 45.6 Å². The largest absolute Gasteiger partial charge is 0.349 e. The van der Waals surface area contributed by atoms with Crippen LogP contribution in [0.15, 0.2) is 17.1 Å². The molecule has 10 heteroatoms. The highest BCUT2D eigenvalue weighted by molar-refractivity contribution is 5.89. The number of nitrogens with zero attached hydrogens (tertiary/aromatic N) is 4. The van der Waals surface area contributed by atoms with Crippen molar-refractivity contribution in [2.45, 2.75) is 51.1 Å². The van der Waals surface area contributed by atoms with Gasteiger partial charge in [-0.05, 0) is 45.6 Å². The molecule has 0 spiro atoms. The fourth-order valence-electron chi connectivity index (χ4n) is 3.98. The highest BCUT2D eigenvalue weighted by Gasteiger charge is 2.31.